The van der Waals surface area contributed by atoms with Crippen LogP contribution in [0.5, 0.6) is 0 Å². The summed E-state index contributed by atoms with van der Waals surface area (Å²) in [7, 11) is -4.73. The van der Waals surface area contributed by atoms with Crippen molar-refractivity contribution in [2.75, 3.05) is 12.9 Å². The summed E-state index contributed by atoms with van der Waals surface area (Å²) in [4.78, 5) is 11.4. The SMILES string of the molecule is C[Si](C)(C)CCOC(=O)N=S(C)(=O)c1cc(F)c(CO)c(F)c1. The van der Waals surface area contributed by atoms with E-state index in [-0.39, 0.29) is 11.5 Å². The summed E-state index contributed by atoms with van der Waals surface area (Å²) >= 11 is 0. The molecule has 1 aromatic carbocycles. The first-order chi connectivity index (χ1) is 10.5. The highest BCUT2D eigenvalue weighted by atomic mass is 32.2. The van der Waals surface area contributed by atoms with Crippen LogP contribution in [0, 0.1) is 11.6 Å². The Morgan fingerprint density at radius 2 is 1.83 bits per heavy atom. The maximum atomic E-state index is 13.6. The Balaban J connectivity index is 2.98. The fourth-order valence-corrected chi connectivity index (χ4v) is 3.42. The zero-order valence-corrected chi connectivity index (χ0v) is 15.4. The normalized spacial score (nSPS) is 14.2. The zero-order valence-electron chi connectivity index (χ0n) is 13.6. The molecule has 0 radical (unpaired) electrons. The van der Waals surface area contributed by atoms with Crippen molar-refractivity contribution in [2.24, 2.45) is 4.36 Å². The van der Waals surface area contributed by atoms with Crippen LogP contribution in [0.2, 0.25) is 25.7 Å². The summed E-state index contributed by atoms with van der Waals surface area (Å²) in [5, 5.41) is 8.86. The molecule has 1 N–H and O–H groups in total. The molecule has 23 heavy (non-hydrogen) atoms. The van der Waals surface area contributed by atoms with E-state index >= 15 is 0 Å². The number of aliphatic hydroxyl groups is 1. The number of hydrogen-bond donors (Lipinski definition) is 1. The number of halogens is 2. The number of benzene rings is 1. The van der Waals surface area contributed by atoms with Gasteiger partial charge in [-0.25, -0.2) is 17.8 Å². The predicted molar refractivity (Wildman–Crippen MR) is 86.5 cm³/mol. The van der Waals surface area contributed by atoms with Gasteiger partial charge in [0.05, 0.1) is 27.8 Å². The van der Waals surface area contributed by atoms with Crippen LogP contribution in [0.3, 0.4) is 0 Å². The molecule has 0 bridgehead atoms. The monoisotopic (exact) mass is 365 g/mol. The molecule has 0 heterocycles. The molecule has 0 fully saturated rings. The molecule has 1 unspecified atom stereocenters. The van der Waals surface area contributed by atoms with Gasteiger partial charge in [0.15, 0.2) is 0 Å². The lowest BCUT2D eigenvalue weighted by atomic mass is 10.2. The Labute approximate surface area is 135 Å². The minimum absolute atomic E-state index is 0.166. The molecule has 1 aromatic rings. The third-order valence-electron chi connectivity index (χ3n) is 3.04. The molecule has 0 saturated carbocycles. The number of carbonyl (C=O) groups excluding carboxylic acids is 1. The number of hydrogen-bond acceptors (Lipinski definition) is 4. The van der Waals surface area contributed by atoms with E-state index in [0.29, 0.717) is 0 Å². The first-order valence-corrected chi connectivity index (χ1v) is 12.6. The van der Waals surface area contributed by atoms with Crippen LogP contribution < -0.4 is 0 Å². The van der Waals surface area contributed by atoms with E-state index in [1.165, 1.54) is 0 Å². The Morgan fingerprint density at radius 3 is 2.26 bits per heavy atom. The number of rotatable bonds is 5. The lowest BCUT2D eigenvalue weighted by Gasteiger charge is -2.14. The maximum absolute atomic E-state index is 13.6. The molecule has 0 aromatic heterocycles. The van der Waals surface area contributed by atoms with Gasteiger partial charge in [-0.05, 0) is 18.2 Å². The van der Waals surface area contributed by atoms with Crippen LogP contribution in [0.15, 0.2) is 21.4 Å². The molecule has 0 aliphatic heterocycles. The van der Waals surface area contributed by atoms with Gasteiger partial charge in [-0.15, -0.1) is 4.36 Å². The summed E-state index contributed by atoms with van der Waals surface area (Å²) < 4.78 is 48.0. The van der Waals surface area contributed by atoms with Gasteiger partial charge < -0.3 is 9.84 Å². The molecule has 1 atom stereocenters. The van der Waals surface area contributed by atoms with Gasteiger partial charge in [0.2, 0.25) is 0 Å². The number of ether oxygens (including phenoxy) is 1. The number of nitrogens with zero attached hydrogens (tertiary/aromatic N) is 1. The van der Waals surface area contributed by atoms with Crippen molar-refractivity contribution in [3.8, 4) is 0 Å². The van der Waals surface area contributed by atoms with Gasteiger partial charge in [-0.1, -0.05) is 19.6 Å². The Kier molecular flexibility index (Phi) is 6.43. The molecule has 9 heteroatoms. The summed E-state index contributed by atoms with van der Waals surface area (Å²) in [5.74, 6) is -2.08. The third-order valence-corrected chi connectivity index (χ3v) is 6.35. The van der Waals surface area contributed by atoms with E-state index in [1.807, 2.05) is 0 Å². The van der Waals surface area contributed by atoms with Crippen LogP contribution in [0.25, 0.3) is 0 Å². The lowest BCUT2D eigenvalue weighted by molar-refractivity contribution is 0.163. The average Bonchev–Trinajstić information content (AvgIpc) is 2.35. The van der Waals surface area contributed by atoms with Gasteiger partial charge in [-0.2, -0.15) is 0 Å². The standard InChI is InChI=1S/C14H21F2NO4SSi/c1-22(20,17-14(19)21-5-6-23(2,3)4)10-7-12(15)11(9-18)13(16)8-10/h7-8,18H,5-6,9H2,1-4H3. The van der Waals surface area contributed by atoms with Gasteiger partial charge in [0.25, 0.3) is 0 Å². The minimum atomic E-state index is -3.35. The quantitative estimate of drug-likeness (QED) is 0.812. The fraction of sp³-hybridized carbons (Fsp3) is 0.500. The van der Waals surface area contributed by atoms with E-state index in [1.54, 1.807) is 0 Å². The molecule has 0 spiro atoms. The van der Waals surface area contributed by atoms with Crippen LogP contribution in [0.1, 0.15) is 5.56 Å². The Hall–Kier alpha value is -1.32. The van der Waals surface area contributed by atoms with Gasteiger partial charge in [-0.3, -0.25) is 0 Å². The Bertz CT molecular complexity index is 686. The molecular weight excluding hydrogens is 344 g/mol. The van der Waals surface area contributed by atoms with Crippen molar-refractivity contribution < 1.29 is 27.6 Å². The van der Waals surface area contributed by atoms with Gasteiger partial charge >= 0.3 is 6.09 Å². The van der Waals surface area contributed by atoms with Crippen LogP contribution in [0.4, 0.5) is 13.6 Å². The molecule has 130 valence electrons. The molecule has 1 amide bonds. The molecule has 0 aliphatic carbocycles. The second kappa shape index (κ2) is 7.50. The van der Waals surface area contributed by atoms with Gasteiger partial charge in [0, 0.05) is 19.9 Å². The first kappa shape index (κ1) is 19.7. The highest BCUT2D eigenvalue weighted by Crippen LogP contribution is 2.20. The van der Waals surface area contributed by atoms with E-state index in [9.17, 15) is 17.8 Å². The van der Waals surface area contributed by atoms with Crippen molar-refractivity contribution in [2.45, 2.75) is 37.2 Å². The fourth-order valence-electron chi connectivity index (χ4n) is 1.62. The first-order valence-electron chi connectivity index (χ1n) is 6.94. The third kappa shape index (κ3) is 6.00. The highest BCUT2D eigenvalue weighted by molar-refractivity contribution is 7.93. The minimum Gasteiger partial charge on any atom is -0.448 e. The highest BCUT2D eigenvalue weighted by Gasteiger charge is 2.18. The second-order valence-electron chi connectivity index (χ2n) is 6.34. The maximum Gasteiger partial charge on any atom is 0.442 e. The summed E-state index contributed by atoms with van der Waals surface area (Å²) in [6.45, 7) is 5.66. The Morgan fingerprint density at radius 1 is 1.30 bits per heavy atom. The molecule has 0 saturated heterocycles. The van der Waals surface area contributed by atoms with Crippen molar-refractivity contribution in [3.63, 3.8) is 0 Å². The van der Waals surface area contributed by atoms with Crippen LogP contribution >= 0.6 is 0 Å². The predicted octanol–water partition coefficient (Wildman–Crippen LogP) is 3.39. The summed E-state index contributed by atoms with van der Waals surface area (Å²) in [5.41, 5.74) is -0.526. The number of aliphatic hydroxyl groups excluding tert-OH is 1. The topological polar surface area (TPSA) is 76.0 Å². The molecule has 5 nitrogen and oxygen atoms in total. The van der Waals surface area contributed by atoms with E-state index in [4.69, 9.17) is 9.84 Å². The lowest BCUT2D eigenvalue weighted by Crippen LogP contribution is -2.22. The molecule has 0 aliphatic rings. The smallest absolute Gasteiger partial charge is 0.442 e. The zero-order chi connectivity index (χ0) is 17.8. The van der Waals surface area contributed by atoms with Crippen molar-refractivity contribution in [3.05, 3.63) is 29.3 Å². The summed E-state index contributed by atoms with van der Waals surface area (Å²) in [6.07, 6.45) is 0.0716. The average molecular weight is 365 g/mol. The van der Waals surface area contributed by atoms with E-state index < -0.39 is 47.7 Å². The second-order valence-corrected chi connectivity index (χ2v) is 14.2. The summed E-state index contributed by atoms with van der Waals surface area (Å²) in [6, 6.07) is 2.33. The van der Waals surface area contributed by atoms with Crippen molar-refractivity contribution in [1.82, 2.24) is 0 Å². The number of amides is 1. The van der Waals surface area contributed by atoms with Crippen LogP contribution in [-0.4, -0.2) is 36.3 Å². The van der Waals surface area contributed by atoms with E-state index in [2.05, 4.69) is 24.0 Å². The van der Waals surface area contributed by atoms with Gasteiger partial charge in [0.1, 0.15) is 11.6 Å². The molecule has 1 rings (SSSR count). The van der Waals surface area contributed by atoms with Crippen molar-refractivity contribution in [1.29, 1.82) is 0 Å². The number of carbonyl (C=O) groups is 1. The van der Waals surface area contributed by atoms with Crippen molar-refractivity contribution >= 4 is 23.9 Å². The molecular formula is C14H21F2NO4SSi. The van der Waals surface area contributed by atoms with E-state index in [0.717, 1.165) is 24.4 Å². The largest absolute Gasteiger partial charge is 0.448 e. The van der Waals surface area contributed by atoms with Crippen LogP contribution in [-0.2, 0) is 21.1 Å².